The van der Waals surface area contributed by atoms with Crippen molar-refractivity contribution in [3.8, 4) is 0 Å². The minimum atomic E-state index is 0.792. The molecule has 0 bridgehead atoms. The Balaban J connectivity index is 1.73. The summed E-state index contributed by atoms with van der Waals surface area (Å²) in [5.74, 6) is 2.51. The van der Waals surface area contributed by atoms with Crippen LogP contribution in [-0.4, -0.2) is 0 Å². The van der Waals surface area contributed by atoms with Gasteiger partial charge < -0.3 is 0 Å². The van der Waals surface area contributed by atoms with Crippen molar-refractivity contribution in [1.29, 1.82) is 0 Å². The highest BCUT2D eigenvalue weighted by Crippen LogP contribution is 2.64. The lowest BCUT2D eigenvalue weighted by Crippen LogP contribution is -2.00. The van der Waals surface area contributed by atoms with Crippen molar-refractivity contribution in [3.63, 3.8) is 0 Å². The van der Waals surface area contributed by atoms with Gasteiger partial charge in [0.2, 0.25) is 0 Å². The summed E-state index contributed by atoms with van der Waals surface area (Å²) < 4.78 is 0. The van der Waals surface area contributed by atoms with Gasteiger partial charge in [-0.2, -0.15) is 0 Å². The molecule has 0 saturated heterocycles. The lowest BCUT2D eigenvalue weighted by molar-refractivity contribution is 0.659. The number of hydrogen-bond acceptors (Lipinski definition) is 0. The summed E-state index contributed by atoms with van der Waals surface area (Å²) in [5, 5.41) is 0. The van der Waals surface area contributed by atoms with Gasteiger partial charge in [0, 0.05) is 0 Å². The van der Waals surface area contributed by atoms with E-state index in [1.165, 1.54) is 12.8 Å². The Kier molecular flexibility index (Phi) is 1.93. The Morgan fingerprint density at radius 2 is 1.53 bits per heavy atom. The van der Waals surface area contributed by atoms with Crippen LogP contribution in [0.4, 0.5) is 0 Å². The van der Waals surface area contributed by atoms with Crippen LogP contribution in [0, 0.1) is 5.92 Å². The molecule has 0 aliphatic heterocycles. The second-order valence-electron chi connectivity index (χ2n) is 5.36. The van der Waals surface area contributed by atoms with Crippen LogP contribution in [0.15, 0.2) is 54.6 Å². The molecule has 17 heavy (non-hydrogen) atoms. The molecule has 0 aromatic heterocycles. The van der Waals surface area contributed by atoms with E-state index in [4.69, 9.17) is 0 Å². The monoisotopic (exact) mass is 220 g/mol. The molecular weight excluding hydrogens is 204 g/mol. The lowest BCUT2D eigenvalue weighted by atomic mass is 9.92. The molecule has 0 radical (unpaired) electrons. The lowest BCUT2D eigenvalue weighted by Gasteiger charge is -2.13. The van der Waals surface area contributed by atoms with Crippen molar-refractivity contribution in [1.82, 2.24) is 0 Å². The molecule has 0 heterocycles. The van der Waals surface area contributed by atoms with E-state index in [9.17, 15) is 0 Å². The number of benzene rings is 2. The van der Waals surface area contributed by atoms with Gasteiger partial charge in [0.05, 0.1) is 0 Å². The van der Waals surface area contributed by atoms with Gasteiger partial charge in [-0.3, -0.25) is 0 Å². The molecule has 84 valence electrons. The summed E-state index contributed by atoms with van der Waals surface area (Å²) in [6, 6.07) is 20.1. The van der Waals surface area contributed by atoms with E-state index in [0.717, 1.165) is 17.8 Å². The first-order valence-corrected chi connectivity index (χ1v) is 6.58. The van der Waals surface area contributed by atoms with Crippen LogP contribution in [0.2, 0.25) is 0 Å². The van der Waals surface area contributed by atoms with E-state index < -0.39 is 0 Å². The van der Waals surface area contributed by atoms with Crippen molar-refractivity contribution < 1.29 is 0 Å². The third-order valence-corrected chi connectivity index (χ3v) is 4.51. The second kappa shape index (κ2) is 3.46. The van der Waals surface area contributed by atoms with Crippen LogP contribution in [0.25, 0.3) is 0 Å². The first kappa shape index (κ1) is 9.47. The molecule has 0 spiro atoms. The summed E-state index contributed by atoms with van der Waals surface area (Å²) >= 11 is 0. The summed E-state index contributed by atoms with van der Waals surface area (Å²) in [6.45, 7) is 0. The van der Waals surface area contributed by atoms with Gasteiger partial charge in [0.15, 0.2) is 0 Å². The number of hydrogen-bond donors (Lipinski definition) is 0. The van der Waals surface area contributed by atoms with Crippen LogP contribution in [0.1, 0.15) is 34.9 Å². The summed E-state index contributed by atoms with van der Waals surface area (Å²) in [7, 11) is 0. The molecule has 0 nitrogen and oxygen atoms in total. The first-order chi connectivity index (χ1) is 8.45. The molecule has 0 heteroatoms. The largest absolute Gasteiger partial charge is 0.0622 e. The van der Waals surface area contributed by atoms with Gasteiger partial charge in [0.25, 0.3) is 0 Å². The molecule has 2 aromatic rings. The maximum absolute atomic E-state index is 2.34. The van der Waals surface area contributed by atoms with E-state index in [1.54, 1.807) is 16.7 Å². The van der Waals surface area contributed by atoms with Crippen LogP contribution in [-0.2, 0) is 6.42 Å². The fourth-order valence-corrected chi connectivity index (χ4v) is 3.70. The smallest absolute Gasteiger partial charge is 0.00530 e. The predicted molar refractivity (Wildman–Crippen MR) is 70.2 cm³/mol. The Bertz CT molecular complexity index is 541. The van der Waals surface area contributed by atoms with Crippen molar-refractivity contribution in [2.75, 3.05) is 0 Å². The van der Waals surface area contributed by atoms with Crippen molar-refractivity contribution >= 4 is 0 Å². The molecule has 2 aliphatic carbocycles. The van der Waals surface area contributed by atoms with E-state index in [2.05, 4.69) is 54.6 Å². The fourth-order valence-electron chi connectivity index (χ4n) is 3.70. The van der Waals surface area contributed by atoms with Gasteiger partial charge >= 0.3 is 0 Å². The minimum absolute atomic E-state index is 0.792. The van der Waals surface area contributed by atoms with Crippen molar-refractivity contribution in [3.05, 3.63) is 71.3 Å². The highest BCUT2D eigenvalue weighted by molar-refractivity contribution is 5.45. The average Bonchev–Trinajstić information content (AvgIpc) is 3.14. The highest BCUT2D eigenvalue weighted by Gasteiger charge is 2.53. The molecule has 1 saturated carbocycles. The van der Waals surface area contributed by atoms with Gasteiger partial charge in [-0.05, 0) is 47.3 Å². The third kappa shape index (κ3) is 1.37. The molecule has 3 atom stereocenters. The zero-order chi connectivity index (χ0) is 11.2. The zero-order valence-corrected chi connectivity index (χ0v) is 9.84. The summed E-state index contributed by atoms with van der Waals surface area (Å²) in [5.41, 5.74) is 4.75. The van der Waals surface area contributed by atoms with Gasteiger partial charge in [-0.15, -0.1) is 0 Å². The standard InChI is InChI=1S/C17H16/c1-2-7-13(8-3-1)16-15-11-10-12-6-4-5-9-14(12)17(15)16/h1-9,15-17H,10-11H2/t15-,16+,17-/m0/s1. The second-order valence-corrected chi connectivity index (χ2v) is 5.36. The number of aryl methyl sites for hydroxylation is 1. The maximum Gasteiger partial charge on any atom is -0.00530 e. The zero-order valence-electron chi connectivity index (χ0n) is 9.84. The van der Waals surface area contributed by atoms with E-state index in [0.29, 0.717) is 0 Å². The van der Waals surface area contributed by atoms with Gasteiger partial charge in [0.1, 0.15) is 0 Å². The van der Waals surface area contributed by atoms with Crippen LogP contribution < -0.4 is 0 Å². The SMILES string of the molecule is c1ccc([C@@H]2[C@@H]3CCc4ccccc4[C@@H]32)cc1. The highest BCUT2D eigenvalue weighted by atomic mass is 14.6. The third-order valence-electron chi connectivity index (χ3n) is 4.51. The Morgan fingerprint density at radius 3 is 2.41 bits per heavy atom. The normalized spacial score (nSPS) is 29.3. The molecular formula is C17H16. The quantitative estimate of drug-likeness (QED) is 0.678. The van der Waals surface area contributed by atoms with Crippen LogP contribution in [0.5, 0.6) is 0 Å². The molecule has 4 rings (SSSR count). The van der Waals surface area contributed by atoms with Gasteiger partial charge in [-0.1, -0.05) is 54.6 Å². The van der Waals surface area contributed by atoms with Gasteiger partial charge in [-0.25, -0.2) is 0 Å². The Hall–Kier alpha value is -1.56. The summed E-state index contributed by atoms with van der Waals surface area (Å²) in [4.78, 5) is 0. The predicted octanol–water partition coefficient (Wildman–Crippen LogP) is 4.13. The topological polar surface area (TPSA) is 0 Å². The van der Waals surface area contributed by atoms with Crippen LogP contribution >= 0.6 is 0 Å². The Labute approximate surface area is 102 Å². The van der Waals surface area contributed by atoms with Crippen LogP contribution in [0.3, 0.4) is 0 Å². The fraction of sp³-hybridized carbons (Fsp3) is 0.294. The average molecular weight is 220 g/mol. The molecule has 0 amide bonds. The molecule has 1 fully saturated rings. The molecule has 0 unspecified atom stereocenters. The Morgan fingerprint density at radius 1 is 0.765 bits per heavy atom. The van der Waals surface area contributed by atoms with Crippen molar-refractivity contribution in [2.24, 2.45) is 5.92 Å². The van der Waals surface area contributed by atoms with Crippen molar-refractivity contribution in [2.45, 2.75) is 24.7 Å². The molecule has 2 aromatic carbocycles. The van der Waals surface area contributed by atoms with E-state index >= 15 is 0 Å². The van der Waals surface area contributed by atoms with E-state index in [-0.39, 0.29) is 0 Å². The number of rotatable bonds is 1. The first-order valence-electron chi connectivity index (χ1n) is 6.58. The van der Waals surface area contributed by atoms with E-state index in [1.807, 2.05) is 0 Å². The number of fused-ring (bicyclic) bond motifs is 3. The molecule has 0 N–H and O–H groups in total. The summed E-state index contributed by atoms with van der Waals surface area (Å²) in [6.07, 6.45) is 2.65. The maximum atomic E-state index is 2.34. The molecule has 2 aliphatic rings. The minimum Gasteiger partial charge on any atom is -0.0622 e.